The molecule has 4 aromatic rings. The summed E-state index contributed by atoms with van der Waals surface area (Å²) in [6, 6.07) is 12.7. The molecule has 2 N–H and O–H groups in total. The number of hydrogen-bond donors (Lipinski definition) is 2. The third-order valence-electron chi connectivity index (χ3n) is 4.22. The van der Waals surface area contributed by atoms with Gasteiger partial charge in [-0.2, -0.15) is 5.10 Å². The Balaban J connectivity index is 1.95. The molecule has 0 atom stereocenters. The standard InChI is InChI=1S/C19H11FN4O4/c20-12-5-1-3-10(7-12)15-9-14(19(25)26)16-17(22-23-18(16)21-15)11-4-2-6-13(8-11)24(27)28/h1-9H,(H,25,26)(H,21,22,23). The smallest absolute Gasteiger partial charge is 0.336 e. The van der Waals surface area contributed by atoms with Crippen LogP contribution >= 0.6 is 0 Å². The number of aromatic nitrogens is 3. The topological polar surface area (TPSA) is 122 Å². The van der Waals surface area contributed by atoms with Gasteiger partial charge in [-0.25, -0.2) is 14.2 Å². The van der Waals surface area contributed by atoms with E-state index in [9.17, 15) is 24.4 Å². The van der Waals surface area contributed by atoms with Crippen LogP contribution in [-0.2, 0) is 0 Å². The van der Waals surface area contributed by atoms with Crippen LogP contribution < -0.4 is 0 Å². The number of fused-ring (bicyclic) bond motifs is 1. The molecule has 2 aromatic heterocycles. The quantitative estimate of drug-likeness (QED) is 0.408. The van der Waals surface area contributed by atoms with Gasteiger partial charge in [0, 0.05) is 23.3 Å². The Bertz CT molecular complexity index is 1250. The SMILES string of the molecule is O=C(O)c1cc(-c2cccc(F)c2)nc2n[nH]c(-c3cccc([N+](=O)[O-])c3)c12. The lowest BCUT2D eigenvalue weighted by atomic mass is 10.0. The number of carbonyl (C=O) groups is 1. The molecule has 0 saturated heterocycles. The van der Waals surface area contributed by atoms with E-state index in [-0.39, 0.29) is 28.0 Å². The van der Waals surface area contributed by atoms with Crippen molar-refractivity contribution >= 4 is 22.7 Å². The third-order valence-corrected chi connectivity index (χ3v) is 4.22. The Morgan fingerprint density at radius 1 is 1.11 bits per heavy atom. The molecule has 0 bridgehead atoms. The van der Waals surface area contributed by atoms with Crippen LogP contribution in [0.15, 0.2) is 54.6 Å². The molecule has 0 unspecified atom stereocenters. The zero-order valence-corrected chi connectivity index (χ0v) is 14.1. The Morgan fingerprint density at radius 3 is 2.57 bits per heavy atom. The summed E-state index contributed by atoms with van der Waals surface area (Å²) in [5.74, 6) is -1.70. The molecule has 0 saturated carbocycles. The van der Waals surface area contributed by atoms with E-state index in [0.29, 0.717) is 16.8 Å². The maximum atomic E-state index is 13.5. The van der Waals surface area contributed by atoms with Crippen molar-refractivity contribution in [2.24, 2.45) is 0 Å². The first-order valence-electron chi connectivity index (χ1n) is 8.07. The summed E-state index contributed by atoms with van der Waals surface area (Å²) in [4.78, 5) is 26.7. The molecule has 0 radical (unpaired) electrons. The van der Waals surface area contributed by atoms with Gasteiger partial charge in [-0.3, -0.25) is 15.2 Å². The maximum Gasteiger partial charge on any atom is 0.336 e. The van der Waals surface area contributed by atoms with E-state index >= 15 is 0 Å². The van der Waals surface area contributed by atoms with Crippen molar-refractivity contribution in [3.05, 3.63) is 76.1 Å². The maximum absolute atomic E-state index is 13.5. The molecule has 0 spiro atoms. The molecule has 0 fully saturated rings. The van der Waals surface area contributed by atoms with Gasteiger partial charge >= 0.3 is 5.97 Å². The number of pyridine rings is 1. The highest BCUT2D eigenvalue weighted by Crippen LogP contribution is 2.32. The Hall–Kier alpha value is -4.14. The number of non-ortho nitro benzene ring substituents is 1. The molecule has 2 aromatic carbocycles. The Labute approximate surface area is 156 Å². The minimum atomic E-state index is -1.22. The Kier molecular flexibility index (Phi) is 4.04. The molecule has 138 valence electrons. The first-order chi connectivity index (χ1) is 13.4. The van der Waals surface area contributed by atoms with Crippen LogP contribution in [-0.4, -0.2) is 31.2 Å². The van der Waals surface area contributed by atoms with Gasteiger partial charge in [0.2, 0.25) is 0 Å². The molecule has 8 nitrogen and oxygen atoms in total. The van der Waals surface area contributed by atoms with Crippen molar-refractivity contribution in [3.63, 3.8) is 0 Å². The number of nitrogens with one attached hydrogen (secondary N) is 1. The van der Waals surface area contributed by atoms with Crippen LogP contribution in [0.1, 0.15) is 10.4 Å². The van der Waals surface area contributed by atoms with Gasteiger partial charge in [-0.1, -0.05) is 24.3 Å². The van der Waals surface area contributed by atoms with Crippen LogP contribution in [0.4, 0.5) is 10.1 Å². The summed E-state index contributed by atoms with van der Waals surface area (Å²) in [6.07, 6.45) is 0. The lowest BCUT2D eigenvalue weighted by Gasteiger charge is -2.06. The van der Waals surface area contributed by atoms with E-state index in [1.807, 2.05) is 0 Å². The van der Waals surface area contributed by atoms with Crippen molar-refractivity contribution in [1.82, 2.24) is 15.2 Å². The average Bonchev–Trinajstić information content (AvgIpc) is 3.11. The summed E-state index contributed by atoms with van der Waals surface area (Å²) < 4.78 is 13.5. The van der Waals surface area contributed by atoms with Gasteiger partial charge in [0.05, 0.1) is 27.3 Å². The zero-order valence-electron chi connectivity index (χ0n) is 14.1. The van der Waals surface area contributed by atoms with Gasteiger partial charge in [0.15, 0.2) is 5.65 Å². The molecule has 0 amide bonds. The molecule has 0 aliphatic heterocycles. The van der Waals surface area contributed by atoms with Crippen LogP contribution in [0.3, 0.4) is 0 Å². The van der Waals surface area contributed by atoms with E-state index in [4.69, 9.17) is 0 Å². The fourth-order valence-electron chi connectivity index (χ4n) is 2.97. The van der Waals surface area contributed by atoms with Gasteiger partial charge in [-0.05, 0) is 18.2 Å². The lowest BCUT2D eigenvalue weighted by Crippen LogP contribution is -2.00. The first kappa shape index (κ1) is 17.3. The minimum Gasteiger partial charge on any atom is -0.478 e. The van der Waals surface area contributed by atoms with Crippen molar-refractivity contribution in [2.45, 2.75) is 0 Å². The second kappa shape index (κ2) is 6.54. The highest BCUT2D eigenvalue weighted by atomic mass is 19.1. The molecule has 9 heteroatoms. The minimum absolute atomic E-state index is 0.0977. The predicted molar refractivity (Wildman–Crippen MR) is 98.3 cm³/mol. The van der Waals surface area contributed by atoms with E-state index in [1.165, 1.54) is 42.5 Å². The van der Waals surface area contributed by atoms with Crippen LogP contribution in [0.2, 0.25) is 0 Å². The van der Waals surface area contributed by atoms with Gasteiger partial charge in [-0.15, -0.1) is 0 Å². The van der Waals surface area contributed by atoms with Gasteiger partial charge < -0.3 is 5.11 Å². The highest BCUT2D eigenvalue weighted by molar-refractivity contribution is 6.08. The summed E-state index contributed by atoms with van der Waals surface area (Å²) in [5, 5.41) is 27.7. The first-order valence-corrected chi connectivity index (χ1v) is 8.07. The lowest BCUT2D eigenvalue weighted by molar-refractivity contribution is -0.384. The third kappa shape index (κ3) is 2.94. The highest BCUT2D eigenvalue weighted by Gasteiger charge is 2.21. The van der Waals surface area contributed by atoms with E-state index < -0.39 is 16.7 Å². The molecule has 0 aliphatic rings. The molecule has 4 rings (SSSR count). The molecule has 28 heavy (non-hydrogen) atoms. The average molecular weight is 378 g/mol. The number of H-pyrrole nitrogens is 1. The number of hydrogen-bond acceptors (Lipinski definition) is 5. The predicted octanol–water partition coefficient (Wildman–Crippen LogP) is 4.04. The summed E-state index contributed by atoms with van der Waals surface area (Å²) in [6.45, 7) is 0. The van der Waals surface area contributed by atoms with Crippen LogP contribution in [0, 0.1) is 15.9 Å². The number of nitro groups is 1. The zero-order chi connectivity index (χ0) is 19.8. The number of carboxylic acid groups (broad SMARTS) is 1. The largest absolute Gasteiger partial charge is 0.478 e. The molecular weight excluding hydrogens is 367 g/mol. The van der Waals surface area contributed by atoms with Gasteiger partial charge in [0.1, 0.15) is 5.82 Å². The number of carboxylic acids is 1. The number of rotatable bonds is 4. The number of aromatic amines is 1. The van der Waals surface area contributed by atoms with E-state index in [0.717, 1.165) is 0 Å². The van der Waals surface area contributed by atoms with Crippen LogP contribution in [0.5, 0.6) is 0 Å². The van der Waals surface area contributed by atoms with Crippen molar-refractivity contribution in [2.75, 3.05) is 0 Å². The van der Waals surface area contributed by atoms with E-state index in [1.54, 1.807) is 12.1 Å². The summed E-state index contributed by atoms with van der Waals surface area (Å²) >= 11 is 0. The second-order valence-corrected chi connectivity index (χ2v) is 5.98. The normalized spacial score (nSPS) is 10.9. The van der Waals surface area contributed by atoms with E-state index in [2.05, 4.69) is 15.2 Å². The molecule has 2 heterocycles. The summed E-state index contributed by atoms with van der Waals surface area (Å²) in [7, 11) is 0. The number of nitrogens with zero attached hydrogens (tertiary/aromatic N) is 3. The van der Waals surface area contributed by atoms with Crippen molar-refractivity contribution in [3.8, 4) is 22.5 Å². The molecule has 0 aliphatic carbocycles. The molecular formula is C19H11FN4O4. The number of nitro benzene ring substituents is 1. The summed E-state index contributed by atoms with van der Waals surface area (Å²) in [5.41, 5.74) is 1.24. The fraction of sp³-hybridized carbons (Fsp3) is 0. The Morgan fingerprint density at radius 2 is 1.86 bits per heavy atom. The van der Waals surface area contributed by atoms with Crippen molar-refractivity contribution in [1.29, 1.82) is 0 Å². The number of aromatic carboxylic acids is 1. The van der Waals surface area contributed by atoms with Crippen LogP contribution in [0.25, 0.3) is 33.5 Å². The van der Waals surface area contributed by atoms with Gasteiger partial charge in [0.25, 0.3) is 5.69 Å². The second-order valence-electron chi connectivity index (χ2n) is 5.98. The number of benzene rings is 2. The van der Waals surface area contributed by atoms with Crippen molar-refractivity contribution < 1.29 is 19.2 Å². The fourth-order valence-corrected chi connectivity index (χ4v) is 2.97. The number of halogens is 1. The monoisotopic (exact) mass is 378 g/mol.